The molecule has 13 heteroatoms. The Balaban J connectivity index is 1.32. The molecular weight excluding hydrogens is 572 g/mol. The molecule has 4 heterocycles. The van der Waals surface area contributed by atoms with E-state index in [1.165, 1.54) is 11.8 Å². The summed E-state index contributed by atoms with van der Waals surface area (Å²) in [7, 11) is 0. The molecule has 2 aliphatic carbocycles. The molecule has 234 valence electrons. The summed E-state index contributed by atoms with van der Waals surface area (Å²) in [6.45, 7) is 9.05. The zero-order valence-corrected chi connectivity index (χ0v) is 26.6. The lowest BCUT2D eigenvalue weighted by Gasteiger charge is -2.51. The van der Waals surface area contributed by atoms with Gasteiger partial charge in [-0.3, -0.25) is 9.59 Å². The predicted octanol–water partition coefficient (Wildman–Crippen LogP) is 4.76. The first-order valence-electron chi connectivity index (χ1n) is 15.5. The van der Waals surface area contributed by atoms with Gasteiger partial charge in [-0.25, -0.2) is 19.4 Å². The molecule has 43 heavy (non-hydrogen) atoms. The molecule has 1 amide bonds. The number of ketones is 2. The quantitative estimate of drug-likeness (QED) is 0.199. The molecule has 2 aromatic rings. The van der Waals surface area contributed by atoms with E-state index < -0.39 is 22.7 Å². The molecule has 4 atom stereocenters. The molecule has 0 radical (unpaired) electrons. The van der Waals surface area contributed by atoms with Crippen LogP contribution in [0.4, 0.5) is 4.79 Å². The van der Waals surface area contributed by atoms with E-state index in [-0.39, 0.29) is 35.6 Å². The van der Waals surface area contributed by atoms with Crippen molar-refractivity contribution in [2.24, 2.45) is 11.3 Å². The minimum Gasteiger partial charge on any atom is -0.444 e. The number of likely N-dealkylation sites (tertiary alicyclic amines) is 1. The first-order chi connectivity index (χ1) is 20.5. The van der Waals surface area contributed by atoms with E-state index in [4.69, 9.17) is 19.2 Å². The third-order valence-electron chi connectivity index (χ3n) is 9.62. The highest BCUT2D eigenvalue weighted by molar-refractivity contribution is 7.98. The Bertz CT molecular complexity index is 1410. The van der Waals surface area contributed by atoms with Crippen LogP contribution >= 0.6 is 11.8 Å². The van der Waals surface area contributed by atoms with Crippen LogP contribution in [0.1, 0.15) is 102 Å². The standard InChI is InChI=1S/C30H42N6O6S/c1-18(20-11-9-15-35(20)27(39)42-28(2,3)4)36-25-21(33-34-36)26(43-5)32-24(31-25)22(37)19-10-8-13-29(23(19)38)12-6-7-14-30(29)40-16-17-41-30/h18-20H,6-17H2,1-5H3/t18-,19?,20+,29+/m1/s1. The highest BCUT2D eigenvalue weighted by Gasteiger charge is 2.63. The minimum atomic E-state index is -0.935. The van der Waals surface area contributed by atoms with Crippen molar-refractivity contribution in [2.75, 3.05) is 26.0 Å². The molecule has 2 aliphatic heterocycles. The van der Waals surface area contributed by atoms with Gasteiger partial charge in [0.15, 0.2) is 28.6 Å². The van der Waals surface area contributed by atoms with E-state index in [1.54, 1.807) is 9.58 Å². The summed E-state index contributed by atoms with van der Waals surface area (Å²) in [5, 5.41) is 9.32. The fourth-order valence-corrected chi connectivity index (χ4v) is 8.16. The number of nitrogens with zero attached hydrogens (tertiary/aromatic N) is 6. The van der Waals surface area contributed by atoms with Gasteiger partial charge in [-0.15, -0.1) is 16.9 Å². The summed E-state index contributed by atoms with van der Waals surface area (Å²) in [6.07, 6.45) is 8.14. The number of hydrogen-bond acceptors (Lipinski definition) is 11. The molecule has 6 rings (SSSR count). The van der Waals surface area contributed by atoms with Crippen molar-refractivity contribution in [3.63, 3.8) is 0 Å². The lowest BCUT2D eigenvalue weighted by Crippen LogP contribution is -2.60. The van der Waals surface area contributed by atoms with Gasteiger partial charge in [0, 0.05) is 13.0 Å². The van der Waals surface area contributed by atoms with Crippen LogP contribution in [0, 0.1) is 11.3 Å². The topological polar surface area (TPSA) is 139 Å². The summed E-state index contributed by atoms with van der Waals surface area (Å²) in [6, 6.07) is -0.466. The highest BCUT2D eigenvalue weighted by Crippen LogP contribution is 2.56. The van der Waals surface area contributed by atoms with Gasteiger partial charge in [-0.2, -0.15) is 0 Å². The molecule has 2 saturated carbocycles. The summed E-state index contributed by atoms with van der Waals surface area (Å²) in [5.41, 5.74) is -0.520. The van der Waals surface area contributed by atoms with E-state index in [9.17, 15) is 14.4 Å². The normalized spacial score (nSPS) is 28.2. The van der Waals surface area contributed by atoms with Gasteiger partial charge < -0.3 is 19.1 Å². The Labute approximate surface area is 256 Å². The molecule has 2 spiro atoms. The molecule has 2 saturated heterocycles. The predicted molar refractivity (Wildman–Crippen MR) is 158 cm³/mol. The number of ether oxygens (including phenoxy) is 3. The van der Waals surface area contributed by atoms with Crippen LogP contribution in [-0.4, -0.2) is 91.0 Å². The molecule has 12 nitrogen and oxygen atoms in total. The molecular formula is C30H42N6O6S. The van der Waals surface area contributed by atoms with Crippen LogP contribution in [0.25, 0.3) is 11.2 Å². The Morgan fingerprint density at radius 1 is 1.05 bits per heavy atom. The second-order valence-electron chi connectivity index (χ2n) is 13.3. The van der Waals surface area contributed by atoms with Crippen LogP contribution in [-0.2, 0) is 19.0 Å². The van der Waals surface area contributed by atoms with Crippen LogP contribution in [0.3, 0.4) is 0 Å². The first kappa shape index (κ1) is 30.4. The maximum absolute atomic E-state index is 14.3. The smallest absolute Gasteiger partial charge is 0.410 e. The van der Waals surface area contributed by atoms with Crippen molar-refractivity contribution in [3.8, 4) is 0 Å². The summed E-state index contributed by atoms with van der Waals surface area (Å²) in [5.74, 6) is -2.27. The van der Waals surface area contributed by atoms with Crippen molar-refractivity contribution in [2.45, 2.75) is 114 Å². The van der Waals surface area contributed by atoms with E-state index in [2.05, 4.69) is 15.3 Å². The lowest BCUT2D eigenvalue weighted by atomic mass is 9.57. The van der Waals surface area contributed by atoms with E-state index >= 15 is 0 Å². The van der Waals surface area contributed by atoms with Crippen LogP contribution in [0.15, 0.2) is 5.03 Å². The molecule has 0 bridgehead atoms. The maximum atomic E-state index is 14.3. The number of amides is 1. The van der Waals surface area contributed by atoms with Crippen molar-refractivity contribution in [1.82, 2.24) is 29.9 Å². The van der Waals surface area contributed by atoms with Crippen molar-refractivity contribution >= 4 is 40.6 Å². The number of carbonyl (C=O) groups excluding carboxylic acids is 3. The van der Waals surface area contributed by atoms with Gasteiger partial charge in [-0.1, -0.05) is 18.1 Å². The van der Waals surface area contributed by atoms with Crippen LogP contribution in [0.5, 0.6) is 0 Å². The monoisotopic (exact) mass is 614 g/mol. The second-order valence-corrected chi connectivity index (χ2v) is 14.1. The van der Waals surface area contributed by atoms with E-state index in [1.807, 2.05) is 34.0 Å². The average molecular weight is 615 g/mol. The average Bonchev–Trinajstić information content (AvgIpc) is 3.74. The van der Waals surface area contributed by atoms with Gasteiger partial charge in [0.05, 0.1) is 36.6 Å². The maximum Gasteiger partial charge on any atom is 0.410 e. The van der Waals surface area contributed by atoms with Crippen LogP contribution in [0.2, 0.25) is 0 Å². The number of carbonyl (C=O) groups is 3. The summed E-state index contributed by atoms with van der Waals surface area (Å²) >= 11 is 1.35. The number of hydrogen-bond donors (Lipinski definition) is 0. The fourth-order valence-electron chi connectivity index (χ4n) is 7.65. The number of rotatable bonds is 5. The Morgan fingerprint density at radius 3 is 2.49 bits per heavy atom. The lowest BCUT2D eigenvalue weighted by molar-refractivity contribution is -0.255. The molecule has 4 fully saturated rings. The van der Waals surface area contributed by atoms with Gasteiger partial charge in [0.1, 0.15) is 10.6 Å². The second kappa shape index (κ2) is 11.4. The molecule has 4 aliphatic rings. The van der Waals surface area contributed by atoms with Crippen molar-refractivity contribution in [1.29, 1.82) is 0 Å². The fraction of sp³-hybridized carbons (Fsp3) is 0.767. The van der Waals surface area contributed by atoms with E-state index in [0.717, 1.165) is 32.1 Å². The third kappa shape index (κ3) is 5.14. The molecule has 2 aromatic heterocycles. The van der Waals surface area contributed by atoms with Crippen LogP contribution < -0.4 is 0 Å². The zero-order valence-electron chi connectivity index (χ0n) is 25.8. The number of aromatic nitrogens is 5. The van der Waals surface area contributed by atoms with Crippen molar-refractivity contribution in [3.05, 3.63) is 5.82 Å². The summed E-state index contributed by atoms with van der Waals surface area (Å²) < 4.78 is 19.7. The van der Waals surface area contributed by atoms with Gasteiger partial charge in [0.2, 0.25) is 5.78 Å². The molecule has 1 unspecified atom stereocenters. The SMILES string of the molecule is CSc1nc(C(=O)C2CCC[C@@]3(CCCCC34OCCO4)C2=O)nc2c1nnn2[C@H](C)[C@@H]1CCCN1C(=O)OC(C)(C)C. The summed E-state index contributed by atoms with van der Waals surface area (Å²) in [4.78, 5) is 52.5. The Morgan fingerprint density at radius 2 is 1.77 bits per heavy atom. The minimum absolute atomic E-state index is 0.00321. The number of thioether (sulfide) groups is 1. The largest absolute Gasteiger partial charge is 0.444 e. The zero-order chi connectivity index (χ0) is 30.6. The van der Waals surface area contributed by atoms with Crippen molar-refractivity contribution < 1.29 is 28.6 Å². The highest BCUT2D eigenvalue weighted by atomic mass is 32.2. The Hall–Kier alpha value is -2.64. The molecule has 0 aromatic carbocycles. The van der Waals surface area contributed by atoms with Gasteiger partial charge in [-0.05, 0) is 72.5 Å². The van der Waals surface area contributed by atoms with E-state index in [0.29, 0.717) is 61.6 Å². The number of fused-ring (bicyclic) bond motifs is 2. The molecule has 0 N–H and O–H groups in total. The Kier molecular flexibility index (Phi) is 8.04. The number of Topliss-reactive ketones (excluding diaryl/α,β-unsaturated/α-hetero) is 2. The van der Waals surface area contributed by atoms with Gasteiger partial charge >= 0.3 is 6.09 Å². The van der Waals surface area contributed by atoms with Gasteiger partial charge in [0.25, 0.3) is 0 Å². The first-order valence-corrected chi connectivity index (χ1v) is 16.8. The third-order valence-corrected chi connectivity index (χ3v) is 10.3.